The van der Waals surface area contributed by atoms with Gasteiger partial charge in [0.15, 0.2) is 5.96 Å². The molecule has 3 rings (SSSR count). The lowest BCUT2D eigenvalue weighted by Crippen LogP contribution is -2.69. The lowest BCUT2D eigenvalue weighted by molar-refractivity contribution is -0.143. The minimum Gasteiger partial charge on any atom is -0.481 e. The summed E-state index contributed by atoms with van der Waals surface area (Å²) in [6, 6.07) is 5.01. The third-order valence-corrected chi connectivity index (χ3v) is 8.77. The molecule has 10 N–H and O–H groups in total. The predicted octanol–water partition coefficient (Wildman–Crippen LogP) is -0.711. The Morgan fingerprint density at radius 2 is 1.66 bits per heavy atom. The molecule has 1 saturated heterocycles. The van der Waals surface area contributed by atoms with E-state index in [1.165, 1.54) is 0 Å². The van der Waals surface area contributed by atoms with Crippen molar-refractivity contribution in [2.24, 2.45) is 34.2 Å². The minimum atomic E-state index is -1.55. The van der Waals surface area contributed by atoms with E-state index in [1.54, 1.807) is 30.3 Å². The van der Waals surface area contributed by atoms with E-state index in [1.807, 2.05) is 20.8 Å². The van der Waals surface area contributed by atoms with Gasteiger partial charge in [-0.3, -0.25) is 33.8 Å². The molecule has 1 heterocycles. The molecule has 2 fully saturated rings. The molecule has 47 heavy (non-hydrogen) atoms. The zero-order valence-electron chi connectivity index (χ0n) is 27.2. The minimum absolute atomic E-state index is 0.0270. The average Bonchev–Trinajstić information content (AvgIpc) is 3.00. The van der Waals surface area contributed by atoms with E-state index >= 15 is 0 Å². The van der Waals surface area contributed by atoms with Crippen molar-refractivity contribution in [3.05, 3.63) is 35.9 Å². The number of carboxylic acids is 1. The van der Waals surface area contributed by atoms with Crippen LogP contribution in [0.1, 0.15) is 64.9 Å². The van der Waals surface area contributed by atoms with Gasteiger partial charge in [-0.25, -0.2) is 0 Å². The molecule has 1 aromatic rings. The summed E-state index contributed by atoms with van der Waals surface area (Å²) >= 11 is 0. The number of carbonyl (C=O) groups excluding carboxylic acids is 5. The maximum atomic E-state index is 14.6. The highest BCUT2D eigenvalue weighted by molar-refractivity contribution is 5.99. The highest BCUT2D eigenvalue weighted by atomic mass is 16.4. The van der Waals surface area contributed by atoms with E-state index in [9.17, 15) is 33.9 Å². The summed E-state index contributed by atoms with van der Waals surface area (Å²) in [7, 11) is 0. The molecule has 1 spiro atoms. The van der Waals surface area contributed by atoms with Crippen molar-refractivity contribution in [3.63, 3.8) is 0 Å². The standard InChI is InChI=1S/C32H48N8O7/c1-18(2)21-12-11-19(3)16-32(21)30(47)39-23(14-20-8-5-4-6-9-20)28(45)38-24(15-26(42)43)27(44)36-17-25(41)37-22(29(46)40-32)10-7-13-35-31(33)34/h4-6,8-9,18-19,21-24H,7,10-17H2,1-3H3,(H,36,44)(H,37,41)(H,38,45)(H,39,47)(H,40,46)(H,42,43)(H4,33,34,35)/t19-,21+,22-,23+,24-,32?/m0/s1. The molecule has 1 unspecified atom stereocenters. The number of nitrogens with two attached hydrogens (primary N) is 2. The first kappa shape index (κ1) is 36.8. The topological polar surface area (TPSA) is 247 Å². The van der Waals surface area contributed by atoms with Crippen LogP contribution in [0, 0.1) is 17.8 Å². The SMILES string of the molecule is CC(C)[C@H]1CC[C@H](C)CC12NC(=O)[C@H](CCCN=C(N)N)NC(=O)CNC(=O)[C@H](CC(=O)O)NC(=O)[C@@H](Cc1ccccc1)NC2=O. The number of guanidine groups is 1. The van der Waals surface area contributed by atoms with Crippen LogP contribution in [0.5, 0.6) is 0 Å². The molecule has 0 radical (unpaired) electrons. The number of nitrogens with one attached hydrogen (secondary N) is 5. The molecule has 258 valence electrons. The Labute approximate surface area is 274 Å². The van der Waals surface area contributed by atoms with E-state index in [4.69, 9.17) is 11.5 Å². The first-order chi connectivity index (χ1) is 22.2. The fraction of sp³-hybridized carbons (Fsp3) is 0.594. The van der Waals surface area contributed by atoms with Crippen LogP contribution in [-0.2, 0) is 35.2 Å². The third kappa shape index (κ3) is 10.4. The number of hydrogen-bond acceptors (Lipinski definition) is 7. The van der Waals surface area contributed by atoms with Crippen LogP contribution in [-0.4, -0.2) is 83.3 Å². The van der Waals surface area contributed by atoms with Gasteiger partial charge in [0.1, 0.15) is 23.7 Å². The lowest BCUT2D eigenvalue weighted by Gasteiger charge is -2.48. The van der Waals surface area contributed by atoms with Crippen molar-refractivity contribution >= 4 is 41.5 Å². The number of aliphatic carboxylic acids is 1. The maximum Gasteiger partial charge on any atom is 0.305 e. The molecule has 0 aromatic heterocycles. The second kappa shape index (κ2) is 16.7. The van der Waals surface area contributed by atoms with Crippen LogP contribution in [0.25, 0.3) is 0 Å². The van der Waals surface area contributed by atoms with Crippen molar-refractivity contribution in [2.75, 3.05) is 13.1 Å². The monoisotopic (exact) mass is 656 g/mol. The van der Waals surface area contributed by atoms with Crippen LogP contribution in [0.3, 0.4) is 0 Å². The number of nitrogens with zero attached hydrogens (tertiary/aromatic N) is 1. The number of benzene rings is 1. The van der Waals surface area contributed by atoms with E-state index in [-0.39, 0.29) is 49.5 Å². The zero-order valence-corrected chi connectivity index (χ0v) is 27.2. The summed E-state index contributed by atoms with van der Waals surface area (Å²) in [5, 5.41) is 22.8. The molecule has 1 aliphatic heterocycles. The smallest absolute Gasteiger partial charge is 0.305 e. The van der Waals surface area contributed by atoms with Gasteiger partial charge in [-0.1, -0.05) is 57.5 Å². The van der Waals surface area contributed by atoms with Gasteiger partial charge >= 0.3 is 5.97 Å². The van der Waals surface area contributed by atoms with Crippen molar-refractivity contribution in [1.29, 1.82) is 0 Å². The van der Waals surface area contributed by atoms with E-state index in [0.29, 0.717) is 18.4 Å². The van der Waals surface area contributed by atoms with E-state index < -0.39 is 72.1 Å². The second-order valence-corrected chi connectivity index (χ2v) is 12.9. The summed E-state index contributed by atoms with van der Waals surface area (Å²) in [5.41, 5.74) is 10.1. The summed E-state index contributed by atoms with van der Waals surface area (Å²) in [5.74, 6) is -5.42. The van der Waals surface area contributed by atoms with Crippen molar-refractivity contribution in [2.45, 2.75) is 89.4 Å². The van der Waals surface area contributed by atoms with Gasteiger partial charge in [0.05, 0.1) is 13.0 Å². The molecular weight excluding hydrogens is 608 g/mol. The molecular formula is C32H48N8O7. The van der Waals surface area contributed by atoms with Gasteiger partial charge in [0.25, 0.3) is 0 Å². The van der Waals surface area contributed by atoms with Crippen molar-refractivity contribution in [1.82, 2.24) is 26.6 Å². The molecule has 0 bridgehead atoms. The normalized spacial score (nSPS) is 27.7. The molecule has 15 nitrogen and oxygen atoms in total. The third-order valence-electron chi connectivity index (χ3n) is 8.77. The molecule has 1 saturated carbocycles. The molecule has 1 aliphatic carbocycles. The highest BCUT2D eigenvalue weighted by Crippen LogP contribution is 2.41. The van der Waals surface area contributed by atoms with Crippen LogP contribution < -0.4 is 38.1 Å². The summed E-state index contributed by atoms with van der Waals surface area (Å²) in [6.45, 7) is 5.51. The summed E-state index contributed by atoms with van der Waals surface area (Å²) in [6.07, 6.45) is 1.41. The Morgan fingerprint density at radius 3 is 2.30 bits per heavy atom. The van der Waals surface area contributed by atoms with E-state index in [2.05, 4.69) is 31.6 Å². The number of hydrogen-bond donors (Lipinski definition) is 8. The van der Waals surface area contributed by atoms with Gasteiger partial charge in [0, 0.05) is 13.0 Å². The average molecular weight is 657 g/mol. The maximum absolute atomic E-state index is 14.6. The van der Waals surface area contributed by atoms with Gasteiger partial charge in [-0.2, -0.15) is 0 Å². The number of carbonyl (C=O) groups is 6. The number of carboxylic acid groups (broad SMARTS) is 1. The number of aliphatic imine (C=N–C) groups is 1. The van der Waals surface area contributed by atoms with E-state index in [0.717, 1.165) is 6.42 Å². The van der Waals surface area contributed by atoms with Gasteiger partial charge in [-0.05, 0) is 49.0 Å². The molecule has 15 heteroatoms. The molecule has 2 aliphatic rings. The van der Waals surface area contributed by atoms with Gasteiger partial charge < -0.3 is 43.2 Å². The van der Waals surface area contributed by atoms with Crippen LogP contribution in [0.4, 0.5) is 0 Å². The quantitative estimate of drug-likeness (QED) is 0.0949. The molecule has 5 amide bonds. The van der Waals surface area contributed by atoms with Crippen molar-refractivity contribution in [3.8, 4) is 0 Å². The predicted molar refractivity (Wildman–Crippen MR) is 173 cm³/mol. The molecule has 1 aromatic carbocycles. The fourth-order valence-electron chi connectivity index (χ4n) is 6.50. The van der Waals surface area contributed by atoms with Crippen LogP contribution in [0.2, 0.25) is 0 Å². The lowest BCUT2D eigenvalue weighted by atomic mass is 9.64. The van der Waals surface area contributed by atoms with Gasteiger partial charge in [0.2, 0.25) is 29.5 Å². The van der Waals surface area contributed by atoms with Crippen LogP contribution >= 0.6 is 0 Å². The Bertz CT molecular complexity index is 1330. The number of rotatable bonds is 9. The first-order valence-corrected chi connectivity index (χ1v) is 16.0. The van der Waals surface area contributed by atoms with Crippen LogP contribution in [0.15, 0.2) is 35.3 Å². The largest absolute Gasteiger partial charge is 0.481 e. The second-order valence-electron chi connectivity index (χ2n) is 12.9. The Morgan fingerprint density at radius 1 is 0.957 bits per heavy atom. The Hall–Kier alpha value is -4.69. The summed E-state index contributed by atoms with van der Waals surface area (Å²) in [4.78, 5) is 84.1. The number of amides is 5. The highest BCUT2D eigenvalue weighted by Gasteiger charge is 2.52. The zero-order chi connectivity index (χ0) is 34.7. The first-order valence-electron chi connectivity index (χ1n) is 16.0. The Balaban J connectivity index is 2.11. The Kier molecular flexibility index (Phi) is 13.1. The van der Waals surface area contributed by atoms with Crippen molar-refractivity contribution < 1.29 is 33.9 Å². The van der Waals surface area contributed by atoms with Gasteiger partial charge in [-0.15, -0.1) is 0 Å². The molecule has 6 atom stereocenters. The fourth-order valence-corrected chi connectivity index (χ4v) is 6.50. The summed E-state index contributed by atoms with van der Waals surface area (Å²) < 4.78 is 0.